The second kappa shape index (κ2) is 11.2. The number of barbiturate groups is 1. The second-order valence-corrected chi connectivity index (χ2v) is 11.4. The van der Waals surface area contributed by atoms with Gasteiger partial charge >= 0.3 is 6.03 Å². The summed E-state index contributed by atoms with van der Waals surface area (Å²) >= 11 is 0. The SMILES string of the molecule is COc1ccc(N2C(=O)NC(=O)[C@@](Cc3ccc(OC)c(OC)c3)(CN3C[C@@H]4C[C@H](C3)c3cccc(=O)n3C4)C2=O)cc1. The van der Waals surface area contributed by atoms with Gasteiger partial charge in [-0.15, -0.1) is 0 Å². The number of ether oxygens (including phenoxy) is 3. The summed E-state index contributed by atoms with van der Waals surface area (Å²) < 4.78 is 18.0. The minimum absolute atomic E-state index is 0.0129. The number of pyridine rings is 1. The van der Waals surface area contributed by atoms with E-state index in [1.54, 1.807) is 54.6 Å². The molecule has 1 aromatic heterocycles. The van der Waals surface area contributed by atoms with Gasteiger partial charge in [0, 0.05) is 43.9 Å². The molecule has 2 aromatic carbocycles. The lowest BCUT2D eigenvalue weighted by molar-refractivity contribution is -0.144. The number of anilines is 1. The molecule has 6 rings (SSSR count). The van der Waals surface area contributed by atoms with Crippen molar-refractivity contribution in [2.75, 3.05) is 45.9 Å². The van der Waals surface area contributed by atoms with Crippen LogP contribution in [0.1, 0.15) is 23.6 Å². The van der Waals surface area contributed by atoms with Crippen molar-refractivity contribution in [1.29, 1.82) is 0 Å². The highest BCUT2D eigenvalue weighted by atomic mass is 16.5. The third kappa shape index (κ3) is 5.03. The van der Waals surface area contributed by atoms with E-state index < -0.39 is 23.3 Å². The monoisotopic (exact) mass is 586 g/mol. The highest BCUT2D eigenvalue weighted by Crippen LogP contribution is 2.40. The molecule has 0 spiro atoms. The maximum Gasteiger partial charge on any atom is 0.335 e. The molecule has 2 fully saturated rings. The molecule has 3 aliphatic rings. The van der Waals surface area contributed by atoms with Gasteiger partial charge in [-0.3, -0.25) is 19.7 Å². The third-order valence-corrected chi connectivity index (χ3v) is 8.80. The molecule has 11 heteroatoms. The van der Waals surface area contributed by atoms with Crippen molar-refractivity contribution >= 4 is 23.5 Å². The molecule has 4 heterocycles. The van der Waals surface area contributed by atoms with E-state index in [-0.39, 0.29) is 30.4 Å². The van der Waals surface area contributed by atoms with Crippen LogP contribution in [0.5, 0.6) is 17.2 Å². The van der Waals surface area contributed by atoms with Gasteiger partial charge in [0.2, 0.25) is 5.91 Å². The second-order valence-electron chi connectivity index (χ2n) is 11.4. The number of amides is 4. The lowest BCUT2D eigenvalue weighted by atomic mass is 9.75. The van der Waals surface area contributed by atoms with Gasteiger partial charge in [0.1, 0.15) is 11.2 Å². The molecule has 2 saturated heterocycles. The standard InChI is InChI=1S/C32H34N4O7/c1-41-24-10-8-23(9-11-24)36-30(39)32(29(38)33-31(36)40,15-20-7-12-26(42-2)27(14-20)43-3)19-34-16-21-13-22(18-34)25-5-4-6-28(37)35(25)17-21/h4-12,14,21-22H,13,15-19H2,1-3H3,(H,33,38,40)/t21-,22+,32+/m0/s1. The summed E-state index contributed by atoms with van der Waals surface area (Å²) in [6.07, 6.45) is 0.957. The number of imide groups is 2. The first-order valence-corrected chi connectivity index (χ1v) is 14.2. The lowest BCUT2D eigenvalue weighted by Gasteiger charge is -2.47. The molecular weight excluding hydrogens is 552 g/mol. The third-order valence-electron chi connectivity index (χ3n) is 8.80. The average molecular weight is 587 g/mol. The fourth-order valence-corrected chi connectivity index (χ4v) is 6.84. The number of benzene rings is 2. The molecule has 3 aromatic rings. The van der Waals surface area contributed by atoms with Gasteiger partial charge in [0.05, 0.1) is 27.0 Å². The van der Waals surface area contributed by atoms with Crippen LogP contribution in [-0.2, 0) is 22.6 Å². The molecule has 0 radical (unpaired) electrons. The number of carbonyl (C=O) groups excluding carboxylic acids is 3. The van der Waals surface area contributed by atoms with E-state index in [9.17, 15) is 19.2 Å². The van der Waals surface area contributed by atoms with E-state index in [0.717, 1.165) is 17.0 Å². The number of likely N-dealkylation sites (tertiary alicyclic amines) is 1. The Morgan fingerprint density at radius 2 is 1.63 bits per heavy atom. The van der Waals surface area contributed by atoms with Crippen molar-refractivity contribution in [3.05, 3.63) is 82.3 Å². The molecule has 1 N–H and O–H groups in total. The number of rotatable bonds is 8. The summed E-state index contributed by atoms with van der Waals surface area (Å²) in [7, 11) is 4.59. The highest BCUT2D eigenvalue weighted by molar-refractivity contribution is 6.30. The summed E-state index contributed by atoms with van der Waals surface area (Å²) in [6, 6.07) is 16.4. The number of hydrogen-bond donors (Lipinski definition) is 1. The predicted octanol–water partition coefficient (Wildman–Crippen LogP) is 2.81. The predicted molar refractivity (Wildman–Crippen MR) is 158 cm³/mol. The molecular formula is C32H34N4O7. The van der Waals surface area contributed by atoms with Gasteiger partial charge in [0.15, 0.2) is 11.5 Å². The van der Waals surface area contributed by atoms with Gasteiger partial charge < -0.3 is 23.7 Å². The Morgan fingerprint density at radius 3 is 2.35 bits per heavy atom. The number of nitrogens with zero attached hydrogens (tertiary/aromatic N) is 3. The summed E-state index contributed by atoms with van der Waals surface area (Å²) in [6.45, 7) is 1.87. The van der Waals surface area contributed by atoms with E-state index >= 15 is 0 Å². The quantitative estimate of drug-likeness (QED) is 0.401. The Bertz CT molecular complexity index is 1640. The highest BCUT2D eigenvalue weighted by Gasteiger charge is 2.56. The summed E-state index contributed by atoms with van der Waals surface area (Å²) in [5.74, 6) is 0.582. The Hall–Kier alpha value is -4.64. The molecule has 224 valence electrons. The molecule has 11 nitrogen and oxygen atoms in total. The number of carbonyl (C=O) groups is 3. The van der Waals surface area contributed by atoms with Gasteiger partial charge in [-0.2, -0.15) is 0 Å². The Morgan fingerprint density at radius 1 is 0.860 bits per heavy atom. The smallest absolute Gasteiger partial charge is 0.335 e. The van der Waals surface area contributed by atoms with Crippen LogP contribution in [0.4, 0.5) is 10.5 Å². The Balaban J connectivity index is 1.39. The number of urea groups is 1. The number of nitrogens with one attached hydrogen (secondary N) is 1. The zero-order chi connectivity index (χ0) is 30.3. The zero-order valence-corrected chi connectivity index (χ0v) is 24.4. The minimum Gasteiger partial charge on any atom is -0.497 e. The van der Waals surface area contributed by atoms with Crippen molar-refractivity contribution in [2.45, 2.75) is 25.3 Å². The zero-order valence-electron chi connectivity index (χ0n) is 24.4. The molecule has 4 amide bonds. The van der Waals surface area contributed by atoms with E-state index in [2.05, 4.69) is 10.2 Å². The molecule has 3 atom stereocenters. The molecule has 0 aliphatic carbocycles. The lowest BCUT2D eigenvalue weighted by Crippen LogP contribution is -2.68. The largest absolute Gasteiger partial charge is 0.497 e. The minimum atomic E-state index is -1.63. The average Bonchev–Trinajstić information content (AvgIpc) is 3.01. The van der Waals surface area contributed by atoms with Gasteiger partial charge in [0.25, 0.3) is 11.5 Å². The van der Waals surface area contributed by atoms with Crippen LogP contribution < -0.4 is 30.0 Å². The Labute approximate surface area is 248 Å². The summed E-state index contributed by atoms with van der Waals surface area (Å²) in [5, 5.41) is 2.48. The van der Waals surface area contributed by atoms with Crippen molar-refractivity contribution in [1.82, 2.24) is 14.8 Å². The van der Waals surface area contributed by atoms with Crippen molar-refractivity contribution < 1.29 is 28.6 Å². The summed E-state index contributed by atoms with van der Waals surface area (Å²) in [4.78, 5) is 57.4. The van der Waals surface area contributed by atoms with Crippen molar-refractivity contribution in [3.8, 4) is 17.2 Å². The summed E-state index contributed by atoms with van der Waals surface area (Å²) in [5.41, 5.74) is 0.337. The van der Waals surface area contributed by atoms with Crippen LogP contribution in [0.3, 0.4) is 0 Å². The van der Waals surface area contributed by atoms with E-state index in [0.29, 0.717) is 48.1 Å². The molecule has 3 aliphatic heterocycles. The van der Waals surface area contributed by atoms with Crippen LogP contribution >= 0.6 is 0 Å². The maximum atomic E-state index is 14.6. The first kappa shape index (κ1) is 28.5. The van der Waals surface area contributed by atoms with Gasteiger partial charge in [-0.05, 0) is 66.8 Å². The van der Waals surface area contributed by atoms with Gasteiger partial charge in [-0.25, -0.2) is 9.69 Å². The van der Waals surface area contributed by atoms with E-state index in [1.807, 2.05) is 10.6 Å². The van der Waals surface area contributed by atoms with Crippen LogP contribution in [0.25, 0.3) is 0 Å². The number of methoxy groups -OCH3 is 3. The van der Waals surface area contributed by atoms with Crippen LogP contribution in [0, 0.1) is 11.3 Å². The maximum absolute atomic E-state index is 14.6. The van der Waals surface area contributed by atoms with Gasteiger partial charge in [-0.1, -0.05) is 12.1 Å². The van der Waals surface area contributed by atoms with Crippen molar-refractivity contribution in [2.24, 2.45) is 11.3 Å². The van der Waals surface area contributed by atoms with Crippen LogP contribution in [0.2, 0.25) is 0 Å². The molecule has 43 heavy (non-hydrogen) atoms. The first-order valence-electron chi connectivity index (χ1n) is 14.2. The first-order chi connectivity index (χ1) is 20.8. The molecule has 2 bridgehead atoms. The van der Waals surface area contributed by atoms with Crippen molar-refractivity contribution in [3.63, 3.8) is 0 Å². The molecule has 0 unspecified atom stereocenters. The number of aromatic nitrogens is 1. The fraction of sp³-hybridized carbons (Fsp3) is 0.375. The number of hydrogen-bond acceptors (Lipinski definition) is 8. The van der Waals surface area contributed by atoms with E-state index in [1.165, 1.54) is 21.3 Å². The number of fused-ring (bicyclic) bond motifs is 4. The molecule has 0 saturated carbocycles. The Kier molecular flexibility index (Phi) is 7.43. The van der Waals surface area contributed by atoms with E-state index in [4.69, 9.17) is 14.2 Å². The normalized spacial score (nSPS) is 23.4. The fourth-order valence-electron chi connectivity index (χ4n) is 6.84. The van der Waals surface area contributed by atoms with Crippen LogP contribution in [0.15, 0.2) is 65.5 Å². The van der Waals surface area contributed by atoms with Crippen LogP contribution in [-0.4, -0.2) is 68.3 Å². The number of piperidine rings is 1. The topological polar surface area (TPSA) is 119 Å².